The van der Waals surface area contributed by atoms with E-state index in [1.807, 2.05) is 6.08 Å². The monoisotopic (exact) mass is 220 g/mol. The molecule has 1 fully saturated rings. The normalized spacial score (nSPS) is 39.6. The highest BCUT2D eigenvalue weighted by Crippen LogP contribution is 2.55. The standard InChI is InChI=1S/C15H24O/c1-10(2)12-5-6-13-14(16)9-11(3)7-8-15(12,13)4/h9-10,12-13H,5-8H2,1-4H3/t12-,13+,15-/m0/s1. The third-order valence-electron chi connectivity index (χ3n) is 5.00. The minimum Gasteiger partial charge on any atom is -0.295 e. The van der Waals surface area contributed by atoms with Crippen LogP contribution in [0.5, 0.6) is 0 Å². The Morgan fingerprint density at radius 3 is 2.69 bits per heavy atom. The van der Waals surface area contributed by atoms with Crippen molar-refractivity contribution in [2.45, 2.75) is 53.4 Å². The first kappa shape index (κ1) is 11.9. The van der Waals surface area contributed by atoms with Crippen LogP contribution in [0.15, 0.2) is 11.6 Å². The summed E-state index contributed by atoms with van der Waals surface area (Å²) in [6, 6.07) is 0. The molecule has 0 spiro atoms. The number of carbonyl (C=O) groups excluding carboxylic acids is 1. The minimum absolute atomic E-state index is 0.263. The molecule has 0 radical (unpaired) electrons. The van der Waals surface area contributed by atoms with E-state index in [9.17, 15) is 4.79 Å². The average molecular weight is 220 g/mol. The Labute approximate surface area is 99.3 Å². The Morgan fingerprint density at radius 2 is 2.06 bits per heavy atom. The fraction of sp³-hybridized carbons (Fsp3) is 0.800. The molecular formula is C15H24O. The predicted octanol–water partition coefficient (Wildman–Crippen LogP) is 3.98. The van der Waals surface area contributed by atoms with Crippen LogP contribution in [0.4, 0.5) is 0 Å². The number of hydrogen-bond donors (Lipinski definition) is 0. The van der Waals surface area contributed by atoms with Gasteiger partial charge in [-0.05, 0) is 55.9 Å². The van der Waals surface area contributed by atoms with Crippen LogP contribution in [0.25, 0.3) is 0 Å². The summed E-state index contributed by atoms with van der Waals surface area (Å²) in [5.74, 6) is 2.15. The van der Waals surface area contributed by atoms with Crippen molar-refractivity contribution in [2.75, 3.05) is 0 Å². The van der Waals surface area contributed by atoms with Crippen LogP contribution >= 0.6 is 0 Å². The molecular weight excluding hydrogens is 196 g/mol. The van der Waals surface area contributed by atoms with Crippen LogP contribution in [0.3, 0.4) is 0 Å². The molecule has 0 aromatic carbocycles. The summed E-state index contributed by atoms with van der Waals surface area (Å²) in [5.41, 5.74) is 1.54. The zero-order chi connectivity index (χ0) is 11.9. The second-order valence-corrected chi connectivity index (χ2v) is 6.38. The minimum atomic E-state index is 0.263. The zero-order valence-electron chi connectivity index (χ0n) is 11.0. The van der Waals surface area contributed by atoms with Crippen LogP contribution in [0.1, 0.15) is 53.4 Å². The van der Waals surface area contributed by atoms with E-state index in [4.69, 9.17) is 0 Å². The third kappa shape index (κ3) is 1.74. The lowest BCUT2D eigenvalue weighted by molar-refractivity contribution is -0.121. The number of rotatable bonds is 1. The maximum atomic E-state index is 12.2. The van der Waals surface area contributed by atoms with Crippen molar-refractivity contribution in [1.82, 2.24) is 0 Å². The molecule has 0 heterocycles. The molecule has 0 bridgehead atoms. The highest BCUT2D eigenvalue weighted by molar-refractivity contribution is 5.93. The molecule has 1 heteroatoms. The zero-order valence-corrected chi connectivity index (χ0v) is 11.0. The van der Waals surface area contributed by atoms with E-state index in [0.717, 1.165) is 18.8 Å². The summed E-state index contributed by atoms with van der Waals surface area (Å²) in [4.78, 5) is 12.2. The summed E-state index contributed by atoms with van der Waals surface area (Å²) < 4.78 is 0. The maximum absolute atomic E-state index is 12.2. The van der Waals surface area contributed by atoms with E-state index in [1.165, 1.54) is 18.4 Å². The van der Waals surface area contributed by atoms with E-state index in [2.05, 4.69) is 27.7 Å². The Balaban J connectivity index is 2.31. The highest BCUT2D eigenvalue weighted by atomic mass is 16.1. The topological polar surface area (TPSA) is 17.1 Å². The Kier molecular flexibility index (Phi) is 2.98. The Bertz CT molecular complexity index is 326. The summed E-state index contributed by atoms with van der Waals surface area (Å²) in [6.45, 7) is 9.09. The van der Waals surface area contributed by atoms with Gasteiger partial charge in [0, 0.05) is 5.92 Å². The lowest BCUT2D eigenvalue weighted by atomic mass is 9.66. The van der Waals surface area contributed by atoms with Gasteiger partial charge in [0.1, 0.15) is 0 Å². The SMILES string of the molecule is CC1=CC(=O)[C@H]2CC[C@@H](C(C)C)[C@]2(C)CC1. The average Bonchev–Trinajstić information content (AvgIpc) is 2.48. The van der Waals surface area contributed by atoms with Crippen molar-refractivity contribution in [2.24, 2.45) is 23.2 Å². The van der Waals surface area contributed by atoms with Crippen molar-refractivity contribution in [3.63, 3.8) is 0 Å². The van der Waals surface area contributed by atoms with E-state index >= 15 is 0 Å². The number of fused-ring (bicyclic) bond motifs is 1. The van der Waals surface area contributed by atoms with Crippen molar-refractivity contribution >= 4 is 5.78 Å². The Hall–Kier alpha value is -0.590. The van der Waals surface area contributed by atoms with Gasteiger partial charge in [0.15, 0.2) is 5.78 Å². The van der Waals surface area contributed by atoms with Crippen molar-refractivity contribution < 1.29 is 4.79 Å². The van der Waals surface area contributed by atoms with Gasteiger partial charge in [-0.25, -0.2) is 0 Å². The van der Waals surface area contributed by atoms with Crippen LogP contribution in [0.2, 0.25) is 0 Å². The molecule has 3 atom stereocenters. The smallest absolute Gasteiger partial charge is 0.159 e. The van der Waals surface area contributed by atoms with Crippen molar-refractivity contribution in [3.8, 4) is 0 Å². The van der Waals surface area contributed by atoms with Gasteiger partial charge in [0.2, 0.25) is 0 Å². The van der Waals surface area contributed by atoms with Gasteiger partial charge in [0.25, 0.3) is 0 Å². The van der Waals surface area contributed by atoms with Gasteiger partial charge in [0.05, 0.1) is 0 Å². The van der Waals surface area contributed by atoms with Gasteiger partial charge >= 0.3 is 0 Å². The number of carbonyl (C=O) groups is 1. The summed E-state index contributed by atoms with van der Waals surface area (Å²) >= 11 is 0. The fourth-order valence-corrected chi connectivity index (χ4v) is 4.07. The van der Waals surface area contributed by atoms with Crippen LogP contribution in [0, 0.1) is 23.2 Å². The molecule has 0 aromatic rings. The van der Waals surface area contributed by atoms with Crippen LogP contribution < -0.4 is 0 Å². The van der Waals surface area contributed by atoms with E-state index in [-0.39, 0.29) is 5.41 Å². The predicted molar refractivity (Wildman–Crippen MR) is 67.2 cm³/mol. The van der Waals surface area contributed by atoms with Gasteiger partial charge in [-0.3, -0.25) is 4.79 Å². The first-order valence-electron chi connectivity index (χ1n) is 6.66. The first-order valence-corrected chi connectivity index (χ1v) is 6.66. The summed E-state index contributed by atoms with van der Waals surface area (Å²) in [7, 11) is 0. The number of allylic oxidation sites excluding steroid dienone is 2. The third-order valence-corrected chi connectivity index (χ3v) is 5.00. The molecule has 0 amide bonds. The van der Waals surface area contributed by atoms with E-state index < -0.39 is 0 Å². The molecule has 0 N–H and O–H groups in total. The van der Waals surface area contributed by atoms with Gasteiger partial charge in [-0.1, -0.05) is 26.3 Å². The maximum Gasteiger partial charge on any atom is 0.159 e. The van der Waals surface area contributed by atoms with Crippen molar-refractivity contribution in [1.29, 1.82) is 0 Å². The molecule has 2 aliphatic carbocycles. The molecule has 90 valence electrons. The van der Waals surface area contributed by atoms with Gasteiger partial charge in [-0.2, -0.15) is 0 Å². The molecule has 0 unspecified atom stereocenters. The van der Waals surface area contributed by atoms with E-state index in [0.29, 0.717) is 17.6 Å². The van der Waals surface area contributed by atoms with E-state index in [1.54, 1.807) is 0 Å². The number of hydrogen-bond acceptors (Lipinski definition) is 1. The lowest BCUT2D eigenvalue weighted by Gasteiger charge is -2.37. The van der Waals surface area contributed by atoms with Gasteiger partial charge < -0.3 is 0 Å². The molecule has 0 saturated heterocycles. The second kappa shape index (κ2) is 4.01. The molecule has 2 rings (SSSR count). The quantitative estimate of drug-likeness (QED) is 0.653. The van der Waals surface area contributed by atoms with Gasteiger partial charge in [-0.15, -0.1) is 0 Å². The van der Waals surface area contributed by atoms with Crippen molar-refractivity contribution in [3.05, 3.63) is 11.6 Å². The Morgan fingerprint density at radius 1 is 1.38 bits per heavy atom. The highest BCUT2D eigenvalue weighted by Gasteiger charge is 2.50. The largest absolute Gasteiger partial charge is 0.295 e. The number of ketones is 1. The molecule has 0 aromatic heterocycles. The first-order chi connectivity index (χ1) is 7.45. The van der Waals surface area contributed by atoms with Crippen LogP contribution in [-0.2, 0) is 4.79 Å². The molecule has 0 aliphatic heterocycles. The molecule has 1 nitrogen and oxygen atoms in total. The lowest BCUT2D eigenvalue weighted by Crippen LogP contribution is -2.34. The van der Waals surface area contributed by atoms with Crippen LogP contribution in [-0.4, -0.2) is 5.78 Å². The molecule has 2 aliphatic rings. The summed E-state index contributed by atoms with van der Waals surface area (Å²) in [6.07, 6.45) is 6.59. The summed E-state index contributed by atoms with van der Waals surface area (Å²) in [5, 5.41) is 0. The fourth-order valence-electron chi connectivity index (χ4n) is 4.07. The molecule has 1 saturated carbocycles. The molecule has 16 heavy (non-hydrogen) atoms. The second-order valence-electron chi connectivity index (χ2n) is 6.38.